The van der Waals surface area contributed by atoms with Gasteiger partial charge in [0.25, 0.3) is 0 Å². The Morgan fingerprint density at radius 1 is 1.04 bits per heavy atom. The molecule has 2 saturated heterocycles. The van der Waals surface area contributed by atoms with Crippen LogP contribution in [0, 0.1) is 0 Å². The van der Waals surface area contributed by atoms with E-state index in [1.54, 1.807) is 0 Å². The fourth-order valence-electron chi connectivity index (χ4n) is 4.24. The second kappa shape index (κ2) is 7.56. The van der Waals surface area contributed by atoms with Crippen molar-refractivity contribution in [3.63, 3.8) is 0 Å². The highest BCUT2D eigenvalue weighted by atomic mass is 15.2. The van der Waals surface area contributed by atoms with Crippen molar-refractivity contribution in [3.05, 3.63) is 24.3 Å². The highest BCUT2D eigenvalue weighted by Crippen LogP contribution is 2.28. The van der Waals surface area contributed by atoms with Crippen LogP contribution >= 0.6 is 0 Å². The molecule has 0 radical (unpaired) electrons. The molecule has 5 nitrogen and oxygen atoms in total. The first-order valence-electron chi connectivity index (χ1n) is 9.85. The highest BCUT2D eigenvalue weighted by Gasteiger charge is 2.23. The minimum atomic E-state index is 0.610. The van der Waals surface area contributed by atoms with Gasteiger partial charge in [0, 0.05) is 31.1 Å². The molecule has 0 aliphatic carbocycles. The molecule has 4 rings (SSSR count). The van der Waals surface area contributed by atoms with Crippen molar-refractivity contribution in [1.29, 1.82) is 0 Å². The van der Waals surface area contributed by atoms with Crippen LogP contribution in [0.4, 0.5) is 11.8 Å². The molecular formula is C20H29N5. The summed E-state index contributed by atoms with van der Waals surface area (Å²) in [4.78, 5) is 14.7. The average molecular weight is 339 g/mol. The van der Waals surface area contributed by atoms with Gasteiger partial charge in [0.2, 0.25) is 5.95 Å². The van der Waals surface area contributed by atoms with Crippen LogP contribution in [0.25, 0.3) is 10.9 Å². The van der Waals surface area contributed by atoms with Gasteiger partial charge < -0.3 is 10.2 Å². The molecule has 2 aromatic rings. The van der Waals surface area contributed by atoms with E-state index < -0.39 is 0 Å². The van der Waals surface area contributed by atoms with E-state index in [1.807, 2.05) is 0 Å². The quantitative estimate of drug-likeness (QED) is 0.903. The lowest BCUT2D eigenvalue weighted by Crippen LogP contribution is -2.35. The molecule has 0 bridgehead atoms. The van der Waals surface area contributed by atoms with Gasteiger partial charge in [-0.05, 0) is 57.3 Å². The Bertz CT molecular complexity index is 710. The molecule has 0 saturated carbocycles. The number of rotatable bonds is 5. The van der Waals surface area contributed by atoms with Gasteiger partial charge in [0.1, 0.15) is 5.82 Å². The number of hydrogen-bond acceptors (Lipinski definition) is 5. The van der Waals surface area contributed by atoms with Crippen molar-refractivity contribution in [2.24, 2.45) is 0 Å². The van der Waals surface area contributed by atoms with Gasteiger partial charge in [0.15, 0.2) is 0 Å². The van der Waals surface area contributed by atoms with Crippen LogP contribution in [0.5, 0.6) is 0 Å². The first-order chi connectivity index (χ1) is 12.3. The molecule has 3 heterocycles. The predicted molar refractivity (Wildman–Crippen MR) is 104 cm³/mol. The van der Waals surface area contributed by atoms with Crippen molar-refractivity contribution in [3.8, 4) is 0 Å². The van der Waals surface area contributed by atoms with Crippen LogP contribution < -0.4 is 10.2 Å². The molecule has 1 unspecified atom stereocenters. The Morgan fingerprint density at radius 3 is 2.72 bits per heavy atom. The Kier molecular flexibility index (Phi) is 5.02. The Hall–Kier alpha value is -1.88. The maximum atomic E-state index is 4.92. The summed E-state index contributed by atoms with van der Waals surface area (Å²) in [5.41, 5.74) is 1.04. The molecular weight excluding hydrogens is 310 g/mol. The van der Waals surface area contributed by atoms with Crippen molar-refractivity contribution < 1.29 is 0 Å². The van der Waals surface area contributed by atoms with Crippen LogP contribution in [0.2, 0.25) is 0 Å². The predicted octanol–water partition coefficient (Wildman–Crippen LogP) is 3.52. The van der Waals surface area contributed by atoms with Crippen molar-refractivity contribution >= 4 is 22.7 Å². The molecule has 25 heavy (non-hydrogen) atoms. The molecule has 134 valence electrons. The number of likely N-dealkylation sites (N-methyl/N-ethyl adjacent to an activating group) is 1. The molecule has 0 spiro atoms. The lowest BCUT2D eigenvalue weighted by atomic mass is 10.1. The first-order valence-corrected chi connectivity index (χ1v) is 9.85. The van der Waals surface area contributed by atoms with Gasteiger partial charge >= 0.3 is 0 Å². The summed E-state index contributed by atoms with van der Waals surface area (Å²) in [5, 5.41) is 4.70. The number of fused-ring (bicyclic) bond motifs is 1. The van der Waals surface area contributed by atoms with Gasteiger partial charge in [-0.15, -0.1) is 0 Å². The smallest absolute Gasteiger partial charge is 0.225 e. The lowest BCUT2D eigenvalue weighted by Gasteiger charge is -2.29. The second-order valence-electron chi connectivity index (χ2n) is 7.24. The van der Waals surface area contributed by atoms with Crippen molar-refractivity contribution in [2.45, 2.75) is 45.1 Å². The van der Waals surface area contributed by atoms with E-state index in [0.29, 0.717) is 6.04 Å². The highest BCUT2D eigenvalue weighted by molar-refractivity contribution is 5.90. The third-order valence-corrected chi connectivity index (χ3v) is 5.64. The van der Waals surface area contributed by atoms with E-state index in [1.165, 1.54) is 44.0 Å². The number of likely N-dealkylation sites (tertiary alicyclic amines) is 1. The maximum absolute atomic E-state index is 4.92. The first kappa shape index (κ1) is 16.6. The van der Waals surface area contributed by atoms with Gasteiger partial charge in [0.05, 0.1) is 5.52 Å². The Balaban J connectivity index is 1.58. The minimum Gasteiger partial charge on any atom is -0.356 e. The standard InChI is InChI=1S/C20H29N5/c1-2-24-14-8-9-16(24)15-21-20-22-18-11-5-4-10-17(18)19(23-20)25-12-6-3-7-13-25/h4-5,10-11,16H,2-3,6-9,12-15H2,1H3,(H,21,22,23). The summed E-state index contributed by atoms with van der Waals surface area (Å²) in [5.74, 6) is 1.88. The Labute approximate surface area is 150 Å². The normalized spacial score (nSPS) is 21.8. The topological polar surface area (TPSA) is 44.3 Å². The average Bonchev–Trinajstić information content (AvgIpc) is 3.14. The lowest BCUT2D eigenvalue weighted by molar-refractivity contribution is 0.277. The molecule has 0 amide bonds. The second-order valence-corrected chi connectivity index (χ2v) is 7.24. The number of nitrogens with one attached hydrogen (secondary N) is 1. The third-order valence-electron chi connectivity index (χ3n) is 5.64. The number of hydrogen-bond donors (Lipinski definition) is 1. The van der Waals surface area contributed by atoms with E-state index in [2.05, 4.69) is 46.3 Å². The van der Waals surface area contributed by atoms with E-state index in [-0.39, 0.29) is 0 Å². The van der Waals surface area contributed by atoms with Gasteiger partial charge in [-0.1, -0.05) is 19.1 Å². The number of para-hydroxylation sites is 1. The summed E-state index contributed by atoms with van der Waals surface area (Å²) < 4.78 is 0. The number of nitrogens with zero attached hydrogens (tertiary/aromatic N) is 4. The number of anilines is 2. The van der Waals surface area contributed by atoms with Crippen molar-refractivity contribution in [2.75, 3.05) is 42.9 Å². The molecule has 1 aromatic heterocycles. The van der Waals surface area contributed by atoms with Crippen LogP contribution in [0.1, 0.15) is 39.0 Å². The summed E-state index contributed by atoms with van der Waals surface area (Å²) >= 11 is 0. The summed E-state index contributed by atoms with van der Waals surface area (Å²) in [6.45, 7) is 7.74. The largest absolute Gasteiger partial charge is 0.356 e. The number of aromatic nitrogens is 2. The maximum Gasteiger partial charge on any atom is 0.225 e. The zero-order chi connectivity index (χ0) is 17.1. The van der Waals surface area contributed by atoms with E-state index in [0.717, 1.165) is 43.5 Å². The van der Waals surface area contributed by atoms with Gasteiger partial charge in [-0.25, -0.2) is 4.98 Å². The van der Waals surface area contributed by atoms with E-state index >= 15 is 0 Å². The molecule has 5 heteroatoms. The van der Waals surface area contributed by atoms with Crippen LogP contribution in [-0.2, 0) is 0 Å². The molecule has 2 fully saturated rings. The SMILES string of the molecule is CCN1CCCC1CNc1nc(N2CCCCC2)c2ccccc2n1. The molecule has 1 aromatic carbocycles. The number of piperidine rings is 1. The van der Waals surface area contributed by atoms with Gasteiger partial charge in [-0.3, -0.25) is 4.90 Å². The molecule has 2 aliphatic heterocycles. The number of benzene rings is 1. The minimum absolute atomic E-state index is 0.610. The fraction of sp³-hybridized carbons (Fsp3) is 0.600. The monoisotopic (exact) mass is 339 g/mol. The fourth-order valence-corrected chi connectivity index (χ4v) is 4.24. The van der Waals surface area contributed by atoms with Gasteiger partial charge in [-0.2, -0.15) is 4.98 Å². The Morgan fingerprint density at radius 2 is 1.88 bits per heavy atom. The van der Waals surface area contributed by atoms with Crippen LogP contribution in [-0.4, -0.2) is 53.6 Å². The van der Waals surface area contributed by atoms with E-state index in [4.69, 9.17) is 9.97 Å². The van der Waals surface area contributed by atoms with Crippen molar-refractivity contribution in [1.82, 2.24) is 14.9 Å². The molecule has 1 N–H and O–H groups in total. The third kappa shape index (κ3) is 3.56. The summed E-state index contributed by atoms with van der Waals surface area (Å²) in [7, 11) is 0. The molecule has 2 aliphatic rings. The summed E-state index contributed by atoms with van der Waals surface area (Å²) in [6.07, 6.45) is 6.42. The summed E-state index contributed by atoms with van der Waals surface area (Å²) in [6, 6.07) is 9.01. The van der Waals surface area contributed by atoms with E-state index in [9.17, 15) is 0 Å². The zero-order valence-corrected chi connectivity index (χ0v) is 15.2. The zero-order valence-electron chi connectivity index (χ0n) is 15.2. The van der Waals surface area contributed by atoms with Crippen LogP contribution in [0.15, 0.2) is 24.3 Å². The van der Waals surface area contributed by atoms with Crippen LogP contribution in [0.3, 0.4) is 0 Å². The molecule has 1 atom stereocenters.